The molecular formula is C17H17FN2. The molecule has 0 radical (unpaired) electrons. The van der Waals surface area contributed by atoms with E-state index < -0.39 is 0 Å². The molecule has 2 rings (SSSR count). The second-order valence-corrected chi connectivity index (χ2v) is 4.72. The summed E-state index contributed by atoms with van der Waals surface area (Å²) in [6, 6.07) is 14.6. The molecule has 0 unspecified atom stereocenters. The number of para-hydroxylation sites is 1. The van der Waals surface area contributed by atoms with Gasteiger partial charge in [0.25, 0.3) is 0 Å². The van der Waals surface area contributed by atoms with Crippen LogP contribution >= 0.6 is 0 Å². The number of benzene rings is 2. The van der Waals surface area contributed by atoms with Gasteiger partial charge < -0.3 is 4.90 Å². The third-order valence-corrected chi connectivity index (χ3v) is 3.37. The molecule has 2 aromatic carbocycles. The first-order valence-electron chi connectivity index (χ1n) is 6.64. The maximum absolute atomic E-state index is 13.9. The Bertz CT molecular complexity index is 644. The Labute approximate surface area is 119 Å². The minimum Gasteiger partial charge on any atom is -0.367 e. The van der Waals surface area contributed by atoms with E-state index in [2.05, 4.69) is 11.0 Å². The van der Waals surface area contributed by atoms with Gasteiger partial charge in [-0.05, 0) is 43.7 Å². The second kappa shape index (κ2) is 6.21. The Morgan fingerprint density at radius 2 is 1.95 bits per heavy atom. The van der Waals surface area contributed by atoms with Crippen LogP contribution < -0.4 is 4.90 Å². The standard InChI is InChI=1S/C17H17FN2/c1-3-20(17-7-5-4-6-13(17)2)12-15-10-14(11-19)8-9-16(15)18/h4-10H,3,12H2,1-2H3. The Kier molecular flexibility index (Phi) is 4.37. The lowest BCUT2D eigenvalue weighted by Crippen LogP contribution is -2.23. The van der Waals surface area contributed by atoms with Crippen LogP contribution in [0.5, 0.6) is 0 Å². The molecular weight excluding hydrogens is 251 g/mol. The molecule has 0 aliphatic rings. The maximum Gasteiger partial charge on any atom is 0.128 e. The Hall–Kier alpha value is -2.34. The molecule has 0 aliphatic heterocycles. The molecule has 0 atom stereocenters. The predicted octanol–water partition coefficient (Wildman–Crippen LogP) is 4.03. The van der Waals surface area contributed by atoms with Crippen LogP contribution in [0.3, 0.4) is 0 Å². The van der Waals surface area contributed by atoms with Crippen LogP contribution in [0.15, 0.2) is 42.5 Å². The lowest BCUT2D eigenvalue weighted by Gasteiger charge is -2.25. The summed E-state index contributed by atoms with van der Waals surface area (Å²) in [6.07, 6.45) is 0. The first-order chi connectivity index (χ1) is 9.65. The van der Waals surface area contributed by atoms with Crippen molar-refractivity contribution in [1.82, 2.24) is 0 Å². The minimum atomic E-state index is -0.268. The quantitative estimate of drug-likeness (QED) is 0.837. The molecule has 20 heavy (non-hydrogen) atoms. The Balaban J connectivity index is 2.32. The lowest BCUT2D eigenvalue weighted by atomic mass is 10.1. The molecule has 0 aliphatic carbocycles. The van der Waals surface area contributed by atoms with E-state index in [1.54, 1.807) is 6.07 Å². The van der Waals surface area contributed by atoms with Crippen molar-refractivity contribution in [3.05, 3.63) is 65.0 Å². The molecule has 0 aromatic heterocycles. The molecule has 102 valence electrons. The van der Waals surface area contributed by atoms with Gasteiger partial charge in [-0.1, -0.05) is 18.2 Å². The Morgan fingerprint density at radius 1 is 1.20 bits per heavy atom. The minimum absolute atomic E-state index is 0.268. The topological polar surface area (TPSA) is 27.0 Å². The van der Waals surface area contributed by atoms with Crippen LogP contribution in [0.2, 0.25) is 0 Å². The van der Waals surface area contributed by atoms with Crippen LogP contribution in [0, 0.1) is 24.1 Å². The Morgan fingerprint density at radius 3 is 2.60 bits per heavy atom. The largest absolute Gasteiger partial charge is 0.367 e. The molecule has 2 nitrogen and oxygen atoms in total. The zero-order valence-electron chi connectivity index (χ0n) is 11.7. The molecule has 0 saturated carbocycles. The van der Waals surface area contributed by atoms with Crippen LogP contribution in [0.25, 0.3) is 0 Å². The number of nitriles is 1. The van der Waals surface area contributed by atoms with Gasteiger partial charge in [-0.3, -0.25) is 0 Å². The van der Waals surface area contributed by atoms with E-state index in [1.807, 2.05) is 38.1 Å². The van der Waals surface area contributed by atoms with Crippen molar-refractivity contribution in [1.29, 1.82) is 5.26 Å². The molecule has 0 spiro atoms. The molecule has 3 heteroatoms. The van der Waals surface area contributed by atoms with Crippen LogP contribution in [-0.4, -0.2) is 6.54 Å². The van der Waals surface area contributed by atoms with E-state index in [0.717, 1.165) is 17.8 Å². The number of hydrogen-bond donors (Lipinski definition) is 0. The van der Waals surface area contributed by atoms with Crippen LogP contribution in [-0.2, 0) is 6.54 Å². The molecule has 2 aromatic rings. The van der Waals surface area contributed by atoms with Crippen molar-refractivity contribution < 1.29 is 4.39 Å². The van der Waals surface area contributed by atoms with E-state index in [4.69, 9.17) is 5.26 Å². The average Bonchev–Trinajstić information content (AvgIpc) is 2.47. The number of hydrogen-bond acceptors (Lipinski definition) is 2. The highest BCUT2D eigenvalue weighted by Crippen LogP contribution is 2.22. The van der Waals surface area contributed by atoms with E-state index in [1.165, 1.54) is 12.1 Å². The second-order valence-electron chi connectivity index (χ2n) is 4.72. The third-order valence-electron chi connectivity index (χ3n) is 3.37. The van der Waals surface area contributed by atoms with Gasteiger partial charge >= 0.3 is 0 Å². The van der Waals surface area contributed by atoms with Crippen molar-refractivity contribution in [2.24, 2.45) is 0 Å². The van der Waals surface area contributed by atoms with Crippen molar-refractivity contribution in [3.63, 3.8) is 0 Å². The fourth-order valence-corrected chi connectivity index (χ4v) is 2.26. The first kappa shape index (κ1) is 14.1. The van der Waals surface area contributed by atoms with Crippen molar-refractivity contribution in [2.75, 3.05) is 11.4 Å². The van der Waals surface area contributed by atoms with Gasteiger partial charge in [0.15, 0.2) is 0 Å². The fourth-order valence-electron chi connectivity index (χ4n) is 2.26. The molecule has 0 N–H and O–H groups in total. The monoisotopic (exact) mass is 268 g/mol. The number of anilines is 1. The molecule has 0 heterocycles. The summed E-state index contributed by atoms with van der Waals surface area (Å²) >= 11 is 0. The van der Waals surface area contributed by atoms with Crippen LogP contribution in [0.4, 0.5) is 10.1 Å². The first-order valence-corrected chi connectivity index (χ1v) is 6.64. The van der Waals surface area contributed by atoms with Gasteiger partial charge in [0.05, 0.1) is 11.6 Å². The number of halogens is 1. The molecule has 0 saturated heterocycles. The normalized spacial score (nSPS) is 10.1. The lowest BCUT2D eigenvalue weighted by molar-refractivity contribution is 0.605. The fraction of sp³-hybridized carbons (Fsp3) is 0.235. The molecule has 0 fully saturated rings. The molecule has 0 amide bonds. The van der Waals surface area contributed by atoms with Gasteiger partial charge in [0.1, 0.15) is 5.82 Å². The van der Waals surface area contributed by atoms with E-state index in [0.29, 0.717) is 17.7 Å². The summed E-state index contributed by atoms with van der Waals surface area (Å²) in [5.74, 6) is -0.268. The zero-order valence-corrected chi connectivity index (χ0v) is 11.7. The molecule has 0 bridgehead atoms. The average molecular weight is 268 g/mol. The van der Waals surface area contributed by atoms with E-state index in [-0.39, 0.29) is 5.82 Å². The summed E-state index contributed by atoms with van der Waals surface area (Å²) < 4.78 is 13.9. The number of rotatable bonds is 4. The van der Waals surface area contributed by atoms with Gasteiger partial charge in [-0.15, -0.1) is 0 Å². The van der Waals surface area contributed by atoms with Crippen molar-refractivity contribution in [3.8, 4) is 6.07 Å². The number of aryl methyl sites for hydroxylation is 1. The summed E-state index contributed by atoms with van der Waals surface area (Å²) in [6.45, 7) is 5.32. The van der Waals surface area contributed by atoms with Gasteiger partial charge in [0, 0.05) is 24.3 Å². The maximum atomic E-state index is 13.9. The SMILES string of the molecule is CCN(Cc1cc(C#N)ccc1F)c1ccccc1C. The summed E-state index contributed by atoms with van der Waals surface area (Å²) in [5, 5.41) is 8.92. The van der Waals surface area contributed by atoms with Gasteiger partial charge in [-0.2, -0.15) is 5.26 Å². The van der Waals surface area contributed by atoms with Gasteiger partial charge in [-0.25, -0.2) is 4.39 Å². The summed E-state index contributed by atoms with van der Waals surface area (Å²) in [7, 11) is 0. The van der Waals surface area contributed by atoms with Crippen LogP contribution in [0.1, 0.15) is 23.6 Å². The van der Waals surface area contributed by atoms with Gasteiger partial charge in [0.2, 0.25) is 0 Å². The highest BCUT2D eigenvalue weighted by Gasteiger charge is 2.11. The highest BCUT2D eigenvalue weighted by atomic mass is 19.1. The zero-order chi connectivity index (χ0) is 14.5. The van der Waals surface area contributed by atoms with Crippen molar-refractivity contribution in [2.45, 2.75) is 20.4 Å². The van der Waals surface area contributed by atoms with E-state index in [9.17, 15) is 4.39 Å². The number of nitrogens with zero attached hydrogens (tertiary/aromatic N) is 2. The van der Waals surface area contributed by atoms with Crippen molar-refractivity contribution >= 4 is 5.69 Å². The predicted molar refractivity (Wildman–Crippen MR) is 79.0 cm³/mol. The third kappa shape index (κ3) is 2.97. The smallest absolute Gasteiger partial charge is 0.128 e. The summed E-state index contributed by atoms with van der Waals surface area (Å²) in [5.41, 5.74) is 3.29. The summed E-state index contributed by atoms with van der Waals surface area (Å²) in [4.78, 5) is 2.11. The van der Waals surface area contributed by atoms with E-state index >= 15 is 0 Å². The highest BCUT2D eigenvalue weighted by molar-refractivity contribution is 5.53.